The summed E-state index contributed by atoms with van der Waals surface area (Å²) < 4.78 is 25.0. The number of rotatable bonds is 1. The van der Waals surface area contributed by atoms with Gasteiger partial charge in [-0.3, -0.25) is 4.21 Å². The van der Waals surface area contributed by atoms with Crippen molar-refractivity contribution in [2.24, 2.45) is 0 Å². The minimum Gasteiger partial charge on any atom is -0.306 e. The fourth-order valence-corrected chi connectivity index (χ4v) is 3.44. The minimum absolute atomic E-state index is 0.0136. The van der Waals surface area contributed by atoms with Gasteiger partial charge in [0, 0.05) is 34.4 Å². The van der Waals surface area contributed by atoms with E-state index in [2.05, 4.69) is 5.32 Å². The van der Waals surface area contributed by atoms with Gasteiger partial charge in [0.15, 0.2) is 0 Å². The van der Waals surface area contributed by atoms with Gasteiger partial charge in [0.1, 0.15) is 5.82 Å². The molecule has 0 amide bonds. The first kappa shape index (κ1) is 11.7. The van der Waals surface area contributed by atoms with Crippen molar-refractivity contribution in [1.29, 1.82) is 0 Å². The van der Waals surface area contributed by atoms with E-state index in [9.17, 15) is 8.60 Å². The number of hydrogen-bond donors (Lipinski definition) is 1. The molecule has 0 spiro atoms. The molecule has 2 nitrogen and oxygen atoms in total. The number of halogens is 1. The molecule has 88 valence electrons. The Morgan fingerprint density at radius 3 is 2.81 bits per heavy atom. The van der Waals surface area contributed by atoms with Crippen LogP contribution in [0.4, 0.5) is 4.39 Å². The zero-order valence-corrected chi connectivity index (χ0v) is 10.3. The molecular formula is C12H16FNOS. The second-order valence-electron chi connectivity index (χ2n) is 4.40. The molecule has 1 heterocycles. The predicted molar refractivity (Wildman–Crippen MR) is 64.4 cm³/mol. The summed E-state index contributed by atoms with van der Waals surface area (Å²) in [5.74, 6) is 1.07. The fourth-order valence-electron chi connectivity index (χ4n) is 1.99. The summed E-state index contributed by atoms with van der Waals surface area (Å²) in [5.41, 5.74) is 1.54. The highest BCUT2D eigenvalue weighted by molar-refractivity contribution is 7.85. The number of nitrogens with one attached hydrogen (secondary N) is 1. The molecule has 0 radical (unpaired) electrons. The van der Waals surface area contributed by atoms with Gasteiger partial charge in [-0.25, -0.2) is 4.39 Å². The molecule has 1 N–H and O–H groups in total. The Bertz CT molecular complexity index is 421. The van der Waals surface area contributed by atoms with Gasteiger partial charge >= 0.3 is 0 Å². The van der Waals surface area contributed by atoms with Gasteiger partial charge in [-0.2, -0.15) is 0 Å². The third-order valence-electron chi connectivity index (χ3n) is 2.87. The van der Waals surface area contributed by atoms with Crippen LogP contribution in [0.2, 0.25) is 0 Å². The summed E-state index contributed by atoms with van der Waals surface area (Å²) in [5, 5.41) is 3.35. The van der Waals surface area contributed by atoms with Gasteiger partial charge < -0.3 is 5.32 Å². The molecule has 2 rings (SSSR count). The lowest BCUT2D eigenvalue weighted by molar-refractivity contribution is 0.487. The summed E-state index contributed by atoms with van der Waals surface area (Å²) in [6, 6.07) is 5.46. The van der Waals surface area contributed by atoms with Gasteiger partial charge in [0.2, 0.25) is 0 Å². The van der Waals surface area contributed by atoms with E-state index in [1.807, 2.05) is 13.0 Å². The Hall–Kier alpha value is -0.740. The molecule has 3 atom stereocenters. The van der Waals surface area contributed by atoms with Gasteiger partial charge in [-0.15, -0.1) is 0 Å². The molecular weight excluding hydrogens is 225 g/mol. The Morgan fingerprint density at radius 1 is 1.44 bits per heavy atom. The van der Waals surface area contributed by atoms with E-state index in [-0.39, 0.29) is 17.9 Å². The first-order valence-electron chi connectivity index (χ1n) is 5.43. The van der Waals surface area contributed by atoms with Crippen LogP contribution in [0.5, 0.6) is 0 Å². The summed E-state index contributed by atoms with van der Waals surface area (Å²) in [6.07, 6.45) is 0. The van der Waals surface area contributed by atoms with Gasteiger partial charge in [0.25, 0.3) is 0 Å². The van der Waals surface area contributed by atoms with Crippen LogP contribution < -0.4 is 5.32 Å². The standard InChI is InChI=1S/C12H16FNOS/c1-8-3-4-10(5-11(8)13)12-7-16(15)6-9(2)14-12/h3-5,9,12,14H,6-7H2,1-2H3. The predicted octanol–water partition coefficient (Wildman–Crippen LogP) is 1.92. The maximum atomic E-state index is 13.4. The second-order valence-corrected chi connectivity index (χ2v) is 5.95. The molecule has 1 aliphatic rings. The second kappa shape index (κ2) is 4.63. The molecule has 0 saturated carbocycles. The first-order valence-corrected chi connectivity index (χ1v) is 6.92. The monoisotopic (exact) mass is 241 g/mol. The molecule has 16 heavy (non-hydrogen) atoms. The zero-order valence-electron chi connectivity index (χ0n) is 9.50. The van der Waals surface area contributed by atoms with E-state index < -0.39 is 10.8 Å². The van der Waals surface area contributed by atoms with Crippen LogP contribution in [0.3, 0.4) is 0 Å². The van der Waals surface area contributed by atoms with Crippen molar-refractivity contribution in [3.05, 3.63) is 35.1 Å². The molecule has 1 aromatic carbocycles. The SMILES string of the molecule is Cc1ccc(C2CS(=O)CC(C)N2)cc1F. The number of hydrogen-bond acceptors (Lipinski definition) is 2. The summed E-state index contributed by atoms with van der Waals surface area (Å²) in [6.45, 7) is 3.75. The molecule has 3 unspecified atom stereocenters. The maximum Gasteiger partial charge on any atom is 0.126 e. The number of benzene rings is 1. The Kier molecular flexibility index (Phi) is 3.40. The third-order valence-corrected chi connectivity index (χ3v) is 4.45. The third kappa shape index (κ3) is 2.50. The average molecular weight is 241 g/mol. The molecule has 1 saturated heterocycles. The van der Waals surface area contributed by atoms with Crippen LogP contribution in [-0.4, -0.2) is 21.8 Å². The summed E-state index contributed by atoms with van der Waals surface area (Å²) in [7, 11) is -0.798. The highest BCUT2D eigenvalue weighted by Gasteiger charge is 2.24. The lowest BCUT2D eigenvalue weighted by Gasteiger charge is -2.28. The summed E-state index contributed by atoms with van der Waals surface area (Å²) in [4.78, 5) is 0. The van der Waals surface area contributed by atoms with Crippen LogP contribution in [0.25, 0.3) is 0 Å². The van der Waals surface area contributed by atoms with E-state index in [1.165, 1.54) is 0 Å². The van der Waals surface area contributed by atoms with Crippen LogP contribution in [0.15, 0.2) is 18.2 Å². The molecule has 0 aliphatic carbocycles. The van der Waals surface area contributed by atoms with E-state index in [1.54, 1.807) is 19.1 Å². The zero-order chi connectivity index (χ0) is 11.7. The molecule has 4 heteroatoms. The van der Waals surface area contributed by atoms with E-state index >= 15 is 0 Å². The van der Waals surface area contributed by atoms with Crippen molar-refractivity contribution in [3.63, 3.8) is 0 Å². The van der Waals surface area contributed by atoms with E-state index in [0.717, 1.165) is 5.56 Å². The summed E-state index contributed by atoms with van der Waals surface area (Å²) >= 11 is 0. The van der Waals surface area contributed by atoms with Crippen molar-refractivity contribution in [3.8, 4) is 0 Å². The van der Waals surface area contributed by atoms with Crippen LogP contribution in [0, 0.1) is 12.7 Å². The van der Waals surface area contributed by atoms with E-state index in [0.29, 0.717) is 17.1 Å². The van der Waals surface area contributed by atoms with Crippen LogP contribution >= 0.6 is 0 Å². The van der Waals surface area contributed by atoms with Crippen molar-refractivity contribution < 1.29 is 8.60 Å². The lowest BCUT2D eigenvalue weighted by atomic mass is 10.1. The highest BCUT2D eigenvalue weighted by Crippen LogP contribution is 2.21. The minimum atomic E-state index is -0.798. The lowest BCUT2D eigenvalue weighted by Crippen LogP contribution is -2.43. The maximum absolute atomic E-state index is 13.4. The largest absolute Gasteiger partial charge is 0.306 e. The van der Waals surface area contributed by atoms with Crippen molar-refractivity contribution in [2.45, 2.75) is 25.9 Å². The number of aryl methyl sites for hydroxylation is 1. The van der Waals surface area contributed by atoms with Crippen molar-refractivity contribution in [2.75, 3.05) is 11.5 Å². The molecule has 1 aliphatic heterocycles. The van der Waals surface area contributed by atoms with Gasteiger partial charge in [-0.05, 0) is 31.0 Å². The Labute approximate surface area is 97.7 Å². The normalized spacial score (nSPS) is 30.3. The molecule has 0 bridgehead atoms. The average Bonchev–Trinajstić information content (AvgIpc) is 2.20. The van der Waals surface area contributed by atoms with Crippen molar-refractivity contribution in [1.82, 2.24) is 5.32 Å². The molecule has 1 aromatic rings. The molecule has 0 aromatic heterocycles. The molecule has 1 fully saturated rings. The quantitative estimate of drug-likeness (QED) is 0.814. The Morgan fingerprint density at radius 2 is 2.19 bits per heavy atom. The van der Waals surface area contributed by atoms with Crippen molar-refractivity contribution >= 4 is 10.8 Å². The van der Waals surface area contributed by atoms with Gasteiger partial charge in [0.05, 0.1) is 0 Å². The fraction of sp³-hybridized carbons (Fsp3) is 0.500. The highest BCUT2D eigenvalue weighted by atomic mass is 32.2. The van der Waals surface area contributed by atoms with Crippen LogP contribution in [0.1, 0.15) is 24.1 Å². The first-order chi connectivity index (χ1) is 7.56. The van der Waals surface area contributed by atoms with Gasteiger partial charge in [-0.1, -0.05) is 12.1 Å². The topological polar surface area (TPSA) is 29.1 Å². The smallest absolute Gasteiger partial charge is 0.126 e. The Balaban J connectivity index is 2.23. The van der Waals surface area contributed by atoms with E-state index in [4.69, 9.17) is 0 Å². The van der Waals surface area contributed by atoms with Crippen LogP contribution in [-0.2, 0) is 10.8 Å².